The van der Waals surface area contributed by atoms with E-state index < -0.39 is 11.0 Å². The molecule has 0 unspecified atom stereocenters. The number of aromatic nitrogens is 7. The summed E-state index contributed by atoms with van der Waals surface area (Å²) in [5, 5.41) is 24.4. The van der Waals surface area contributed by atoms with Crippen molar-refractivity contribution in [1.82, 2.24) is 39.6 Å². The average molecular weight is 472 g/mol. The van der Waals surface area contributed by atoms with Gasteiger partial charge in [-0.15, -0.1) is 5.10 Å². The Morgan fingerprint density at radius 3 is 2.67 bits per heavy atom. The number of hydrogen-bond donors (Lipinski definition) is 1. The van der Waals surface area contributed by atoms with Crippen LogP contribution in [0.5, 0.6) is 0 Å². The topological polar surface area (TPSA) is 130 Å². The highest BCUT2D eigenvalue weighted by Gasteiger charge is 2.36. The van der Waals surface area contributed by atoms with E-state index in [4.69, 9.17) is 28.8 Å². The number of nitrogens with one attached hydrogen (secondary N) is 1. The zero-order valence-electron chi connectivity index (χ0n) is 19.7. The van der Waals surface area contributed by atoms with E-state index in [9.17, 15) is 4.79 Å². The van der Waals surface area contributed by atoms with Crippen molar-refractivity contribution in [2.75, 3.05) is 18.4 Å². The predicted octanol–water partition coefficient (Wildman–Crippen LogP) is 0.728. The van der Waals surface area contributed by atoms with Gasteiger partial charge in [-0.3, -0.25) is 4.79 Å². The molecule has 0 aromatic carbocycles. The van der Waals surface area contributed by atoms with Gasteiger partial charge in [-0.1, -0.05) is 10.3 Å². The zero-order chi connectivity index (χ0) is 25.6. The van der Waals surface area contributed by atoms with Gasteiger partial charge in [-0.2, -0.15) is 15.0 Å². The summed E-state index contributed by atoms with van der Waals surface area (Å²) < 4.78 is 3.32. The van der Waals surface area contributed by atoms with E-state index in [1.807, 2.05) is 26.1 Å². The van der Waals surface area contributed by atoms with Gasteiger partial charge < -0.3 is 10.2 Å². The van der Waals surface area contributed by atoms with E-state index in [1.54, 1.807) is 27.8 Å². The molecule has 1 amide bonds. The highest BCUT2D eigenvalue weighted by atomic mass is 16.2. The zero-order valence-corrected chi connectivity index (χ0v) is 19.7. The molecule has 5 heterocycles. The van der Waals surface area contributed by atoms with E-state index in [0.717, 1.165) is 16.6 Å². The molecule has 1 aliphatic heterocycles. The van der Waals surface area contributed by atoms with Crippen molar-refractivity contribution in [1.29, 1.82) is 5.26 Å². The third-order valence-corrected chi connectivity index (χ3v) is 5.77. The third kappa shape index (κ3) is 4.32. The van der Waals surface area contributed by atoms with Gasteiger partial charge in [0, 0.05) is 54.2 Å². The smallest absolute Gasteiger partial charge is 0.203 e. The lowest BCUT2D eigenvalue weighted by Crippen LogP contribution is -2.54. The molecule has 4 aromatic rings. The van der Waals surface area contributed by atoms with Crippen molar-refractivity contribution < 1.29 is 4.79 Å². The third-order valence-electron chi connectivity index (χ3n) is 5.77. The second-order valence-corrected chi connectivity index (χ2v) is 9.07. The van der Waals surface area contributed by atoms with Gasteiger partial charge in [0.15, 0.2) is 11.5 Å². The van der Waals surface area contributed by atoms with Crippen LogP contribution in [0.2, 0.25) is 5.11 Å². The molecule has 1 fully saturated rings. The lowest BCUT2D eigenvalue weighted by molar-refractivity contribution is -0.136. The average Bonchev–Trinajstić information content (AvgIpc) is 3.44. The Morgan fingerprint density at radius 2 is 1.97 bits per heavy atom. The highest BCUT2D eigenvalue weighted by molar-refractivity contribution is 6.68. The summed E-state index contributed by atoms with van der Waals surface area (Å²) in [6, 6.07) is 5.75. The van der Waals surface area contributed by atoms with Crippen molar-refractivity contribution in [3.63, 3.8) is 0 Å². The maximum atomic E-state index is 12.1. The first kappa shape index (κ1) is 23.6. The highest BCUT2D eigenvalue weighted by Crippen LogP contribution is 2.31. The summed E-state index contributed by atoms with van der Waals surface area (Å²) >= 11 is 0. The molecule has 172 valence electrons. The number of anilines is 1. The molecule has 1 N–H and O–H groups in total. The number of carbonyl (C=O) groups is 1. The maximum Gasteiger partial charge on any atom is 0.203 e. The molecule has 1 aliphatic rings. The maximum absolute atomic E-state index is 12.1. The Hall–Kier alpha value is -4.14. The van der Waals surface area contributed by atoms with Crippen LogP contribution >= 0.6 is 0 Å². The largest absolute Gasteiger partial charge is 0.382 e. The number of fused-ring (bicyclic) bond motifs is 1. The molecule has 0 bridgehead atoms. The minimum Gasteiger partial charge on any atom is -0.382 e. The van der Waals surface area contributed by atoms with E-state index in [0.29, 0.717) is 35.8 Å². The van der Waals surface area contributed by atoms with E-state index >= 15 is 0 Å². The predicted molar refractivity (Wildman–Crippen MR) is 135 cm³/mol. The molecule has 6 radical (unpaired) electrons. The summed E-state index contributed by atoms with van der Waals surface area (Å²) in [6.45, 7) is 4.83. The molecule has 0 atom stereocenters. The van der Waals surface area contributed by atoms with E-state index in [2.05, 4.69) is 36.8 Å². The summed E-state index contributed by atoms with van der Waals surface area (Å²) in [6.07, 6.45) is 6.66. The number of pyridine rings is 2. The molecular weight excluding hydrogens is 453 g/mol. The van der Waals surface area contributed by atoms with Gasteiger partial charge >= 0.3 is 0 Å². The van der Waals surface area contributed by atoms with Crippen LogP contribution in [0.3, 0.4) is 0 Å². The number of nitriles is 1. The number of nitrogens with zero attached hydrogens (tertiary/aromatic N) is 9. The number of amides is 1. The van der Waals surface area contributed by atoms with Gasteiger partial charge in [0.2, 0.25) is 5.91 Å². The van der Waals surface area contributed by atoms with Crippen LogP contribution in [0.4, 0.5) is 5.69 Å². The second-order valence-electron chi connectivity index (χ2n) is 9.07. The van der Waals surface area contributed by atoms with Gasteiger partial charge in [0.05, 0.1) is 47.5 Å². The first-order valence-electron chi connectivity index (χ1n) is 11.2. The van der Waals surface area contributed by atoms with Gasteiger partial charge in [-0.25, -0.2) is 14.6 Å². The normalized spacial score (nSPS) is 14.1. The van der Waals surface area contributed by atoms with Crippen molar-refractivity contribution in [3.8, 4) is 23.1 Å². The number of rotatable bonds is 6. The van der Waals surface area contributed by atoms with Gasteiger partial charge in [0.1, 0.15) is 11.8 Å². The Labute approximate surface area is 211 Å². The molecule has 4 aromatic heterocycles. The minimum atomic E-state index is -1.89. The van der Waals surface area contributed by atoms with Crippen LogP contribution in [-0.2, 0) is 4.79 Å². The second kappa shape index (κ2) is 8.82. The van der Waals surface area contributed by atoms with Crippen LogP contribution in [0, 0.1) is 11.3 Å². The fourth-order valence-corrected chi connectivity index (χ4v) is 3.99. The lowest BCUT2D eigenvalue weighted by atomic mass is 9.42. The van der Waals surface area contributed by atoms with Crippen LogP contribution in [-0.4, -0.2) is 88.2 Å². The summed E-state index contributed by atoms with van der Waals surface area (Å²) in [4.78, 5) is 22.6. The molecular formula is C22H19B3N10O. The molecule has 0 aliphatic carbocycles. The molecule has 0 spiro atoms. The number of likely N-dealkylation sites (tertiary alicyclic amines) is 1. The van der Waals surface area contributed by atoms with Crippen LogP contribution in [0.1, 0.15) is 25.5 Å². The molecule has 11 nitrogen and oxygen atoms in total. The first-order valence-corrected chi connectivity index (χ1v) is 11.2. The lowest BCUT2D eigenvalue weighted by Gasteiger charge is -2.42. The Morgan fingerprint density at radius 1 is 1.19 bits per heavy atom. The molecule has 5 rings (SSSR count). The Balaban J connectivity index is 1.43. The van der Waals surface area contributed by atoms with Crippen molar-refractivity contribution in [2.24, 2.45) is 0 Å². The molecule has 14 heteroatoms. The minimum absolute atomic E-state index is 0.0638. The Kier molecular flexibility index (Phi) is 5.78. The summed E-state index contributed by atoms with van der Waals surface area (Å²) in [5.41, 5.74) is 3.23. The molecule has 1 saturated heterocycles. The van der Waals surface area contributed by atoms with Crippen molar-refractivity contribution in [3.05, 3.63) is 42.5 Å². The summed E-state index contributed by atoms with van der Waals surface area (Å²) in [5.74, 6) is 0.0373. The van der Waals surface area contributed by atoms with Crippen molar-refractivity contribution >= 4 is 46.2 Å². The molecule has 36 heavy (non-hydrogen) atoms. The first-order chi connectivity index (χ1) is 17.1. The summed E-state index contributed by atoms with van der Waals surface area (Å²) in [7, 11) is 16.5. The van der Waals surface area contributed by atoms with Crippen LogP contribution in [0.15, 0.2) is 36.9 Å². The number of carbonyl (C=O) groups excluding carboxylic acids is 1. The fourth-order valence-electron chi connectivity index (χ4n) is 3.99. The quantitative estimate of drug-likeness (QED) is 0.407. The van der Waals surface area contributed by atoms with E-state index in [1.165, 1.54) is 11.1 Å². The standard InChI is InChI=1S/C22H19B3N10O/c1-12(2)30-17-4-19(35-20-14(7-29-35)3-13(5-26)6-28-20)27-8-16(17)18-11-34(32-31-18)15-9-33(10-15)21(36)22(23,24)25/h3-4,6-8,11-12,15H,9-10H2,1-2H3,(H,27,30). The van der Waals surface area contributed by atoms with Crippen LogP contribution in [0.25, 0.3) is 28.1 Å². The van der Waals surface area contributed by atoms with Gasteiger partial charge in [0.25, 0.3) is 0 Å². The Bertz CT molecular complexity index is 1490. The van der Waals surface area contributed by atoms with Crippen LogP contribution < -0.4 is 5.32 Å². The van der Waals surface area contributed by atoms with Crippen molar-refractivity contribution in [2.45, 2.75) is 31.0 Å². The monoisotopic (exact) mass is 472 g/mol. The SMILES string of the molecule is [B]C([B])([B])C(=O)N1CC(n2cc(-c3cnc(-n4ncc5cc(C#N)cnc54)cc3NC(C)C)nn2)C1. The van der Waals surface area contributed by atoms with Gasteiger partial charge in [-0.05, 0) is 19.9 Å². The molecule has 0 saturated carbocycles. The number of hydrogen-bond acceptors (Lipinski definition) is 8. The van der Waals surface area contributed by atoms with E-state index in [-0.39, 0.29) is 12.1 Å². The fraction of sp³-hybridized carbons (Fsp3) is 0.318.